The number of likely N-dealkylation sites (tertiary alicyclic amines) is 1. The van der Waals surface area contributed by atoms with Crippen molar-refractivity contribution in [2.75, 3.05) is 45.3 Å². The molecule has 3 aromatic rings. The van der Waals surface area contributed by atoms with Crippen molar-refractivity contribution in [2.24, 2.45) is 0 Å². The second-order valence-corrected chi connectivity index (χ2v) is 10.3. The minimum atomic E-state index is -0.526. The lowest BCUT2D eigenvalue weighted by atomic mass is 9.88. The fourth-order valence-corrected chi connectivity index (χ4v) is 5.34. The van der Waals surface area contributed by atoms with Crippen molar-refractivity contribution in [3.05, 3.63) is 65.1 Å². The minimum Gasteiger partial charge on any atom is -0.493 e. The van der Waals surface area contributed by atoms with Crippen molar-refractivity contribution in [3.8, 4) is 22.8 Å². The Balaban J connectivity index is 1.43. The highest BCUT2D eigenvalue weighted by molar-refractivity contribution is 5.76. The molecule has 0 N–H and O–H groups in total. The van der Waals surface area contributed by atoms with Gasteiger partial charge in [0, 0.05) is 18.0 Å². The van der Waals surface area contributed by atoms with Crippen molar-refractivity contribution >= 4 is 5.69 Å². The van der Waals surface area contributed by atoms with Crippen LogP contribution in [0.1, 0.15) is 49.6 Å². The highest BCUT2D eigenvalue weighted by Gasteiger charge is 2.26. The predicted molar refractivity (Wildman–Crippen MR) is 141 cm³/mol. The minimum absolute atomic E-state index is 0.184. The zero-order valence-electron chi connectivity index (χ0n) is 21.9. The summed E-state index contributed by atoms with van der Waals surface area (Å²) < 4.78 is 41.5. The number of hydrogen-bond donors (Lipinski definition) is 0. The summed E-state index contributed by atoms with van der Waals surface area (Å²) in [4.78, 5) is 13.2. The van der Waals surface area contributed by atoms with Crippen LogP contribution in [0.5, 0.6) is 11.5 Å². The van der Waals surface area contributed by atoms with Crippen LogP contribution < -0.4 is 14.4 Å². The van der Waals surface area contributed by atoms with Crippen LogP contribution in [-0.4, -0.2) is 61.3 Å². The van der Waals surface area contributed by atoms with Gasteiger partial charge in [-0.15, -0.1) is 0 Å². The fourth-order valence-electron chi connectivity index (χ4n) is 5.34. The molecule has 37 heavy (non-hydrogen) atoms. The number of fused-ring (bicyclic) bond motifs is 1. The molecule has 0 radical (unpaired) electrons. The van der Waals surface area contributed by atoms with E-state index in [2.05, 4.69) is 40.7 Å². The van der Waals surface area contributed by atoms with E-state index in [1.165, 1.54) is 6.20 Å². The SMILES string of the molecule is COc1cc(-c2nc(Cc3ccc(C4CCN(C)CC4)c(F)c3)ncc2F)cc2c1OCCN2C(C)C. The maximum Gasteiger partial charge on any atom is 0.184 e. The first kappa shape index (κ1) is 25.4. The van der Waals surface area contributed by atoms with E-state index in [-0.39, 0.29) is 23.5 Å². The summed E-state index contributed by atoms with van der Waals surface area (Å²) in [5.41, 5.74) is 3.15. The van der Waals surface area contributed by atoms with E-state index in [4.69, 9.17) is 9.47 Å². The monoisotopic (exact) mass is 508 g/mol. The normalized spacial score (nSPS) is 16.6. The molecule has 6 nitrogen and oxygen atoms in total. The van der Waals surface area contributed by atoms with E-state index in [1.807, 2.05) is 18.2 Å². The van der Waals surface area contributed by atoms with E-state index in [1.54, 1.807) is 19.2 Å². The molecule has 0 aliphatic carbocycles. The Morgan fingerprint density at radius 3 is 2.57 bits per heavy atom. The molecule has 0 bridgehead atoms. The number of piperidine rings is 1. The molecule has 2 aliphatic heterocycles. The third-order valence-electron chi connectivity index (χ3n) is 7.42. The summed E-state index contributed by atoms with van der Waals surface area (Å²) in [6.07, 6.45) is 3.41. The molecule has 0 spiro atoms. The van der Waals surface area contributed by atoms with Gasteiger partial charge in [0.05, 0.1) is 25.5 Å². The number of anilines is 1. The average Bonchev–Trinajstić information content (AvgIpc) is 2.89. The molecule has 0 amide bonds. The first-order valence-corrected chi connectivity index (χ1v) is 12.9. The van der Waals surface area contributed by atoms with E-state index >= 15 is 4.39 Å². The van der Waals surface area contributed by atoms with Crippen LogP contribution in [0.25, 0.3) is 11.3 Å². The summed E-state index contributed by atoms with van der Waals surface area (Å²) in [7, 11) is 3.67. The molecule has 2 aromatic carbocycles. The van der Waals surface area contributed by atoms with Gasteiger partial charge < -0.3 is 19.3 Å². The molecule has 5 rings (SSSR count). The molecule has 196 valence electrons. The summed E-state index contributed by atoms with van der Waals surface area (Å²) in [5.74, 6) is 1.14. The van der Waals surface area contributed by atoms with Gasteiger partial charge in [-0.25, -0.2) is 18.7 Å². The van der Waals surface area contributed by atoms with Crippen LogP contribution in [0.4, 0.5) is 14.5 Å². The lowest BCUT2D eigenvalue weighted by Gasteiger charge is -2.35. The van der Waals surface area contributed by atoms with Crippen LogP contribution in [0.3, 0.4) is 0 Å². The maximum absolute atomic E-state index is 15.0. The van der Waals surface area contributed by atoms with E-state index in [9.17, 15) is 4.39 Å². The zero-order valence-corrected chi connectivity index (χ0v) is 21.9. The standard InChI is InChI=1S/C29H34F2N4O2/c1-18(2)35-11-12-37-29-25(35)15-21(16-26(29)36-4)28-24(31)17-32-27(33-28)14-19-5-6-22(23(30)13-19)20-7-9-34(3)10-8-20/h5-6,13,15-18,20H,7-12,14H2,1-4H3. The molecule has 1 saturated heterocycles. The smallest absolute Gasteiger partial charge is 0.184 e. The van der Waals surface area contributed by atoms with E-state index in [0.29, 0.717) is 35.9 Å². The highest BCUT2D eigenvalue weighted by Crippen LogP contribution is 2.44. The van der Waals surface area contributed by atoms with Gasteiger partial charge in [-0.2, -0.15) is 0 Å². The van der Waals surface area contributed by atoms with E-state index < -0.39 is 5.82 Å². The number of rotatable bonds is 6. The Labute approximate surface area is 217 Å². The van der Waals surface area contributed by atoms with Gasteiger partial charge in [-0.3, -0.25) is 0 Å². The maximum atomic E-state index is 15.0. The van der Waals surface area contributed by atoms with Crippen LogP contribution >= 0.6 is 0 Å². The van der Waals surface area contributed by atoms with Crippen molar-refractivity contribution in [2.45, 2.75) is 45.1 Å². The summed E-state index contributed by atoms with van der Waals surface area (Å²) >= 11 is 0. The van der Waals surface area contributed by atoms with Gasteiger partial charge in [-0.05, 0) is 82.1 Å². The molecule has 0 atom stereocenters. The molecule has 8 heteroatoms. The van der Waals surface area contributed by atoms with Crippen LogP contribution in [-0.2, 0) is 6.42 Å². The number of methoxy groups -OCH3 is 1. The summed E-state index contributed by atoms with van der Waals surface area (Å²) in [6, 6.07) is 9.26. The van der Waals surface area contributed by atoms with Gasteiger partial charge in [0.1, 0.15) is 23.9 Å². The second-order valence-electron chi connectivity index (χ2n) is 10.3. The Kier molecular flexibility index (Phi) is 7.29. The topological polar surface area (TPSA) is 50.7 Å². The molecular formula is C29H34F2N4O2. The predicted octanol–water partition coefficient (Wildman–Crippen LogP) is 5.44. The number of hydrogen-bond acceptors (Lipinski definition) is 6. The van der Waals surface area contributed by atoms with Crippen molar-refractivity contribution in [1.82, 2.24) is 14.9 Å². The molecule has 1 fully saturated rings. The Morgan fingerprint density at radius 1 is 1.08 bits per heavy atom. The van der Waals surface area contributed by atoms with Gasteiger partial charge >= 0.3 is 0 Å². The Morgan fingerprint density at radius 2 is 1.86 bits per heavy atom. The number of halogens is 2. The second kappa shape index (κ2) is 10.6. The summed E-state index contributed by atoms with van der Waals surface area (Å²) in [6.45, 7) is 7.45. The number of nitrogens with zero attached hydrogens (tertiary/aromatic N) is 4. The molecule has 3 heterocycles. The van der Waals surface area contributed by atoms with Gasteiger partial charge in [0.15, 0.2) is 17.3 Å². The molecule has 1 aromatic heterocycles. The van der Waals surface area contributed by atoms with Crippen molar-refractivity contribution < 1.29 is 18.3 Å². The summed E-state index contributed by atoms with van der Waals surface area (Å²) in [5, 5.41) is 0. The van der Waals surface area contributed by atoms with Gasteiger partial charge in [0.25, 0.3) is 0 Å². The first-order valence-electron chi connectivity index (χ1n) is 12.9. The lowest BCUT2D eigenvalue weighted by Crippen LogP contribution is -2.38. The average molecular weight is 509 g/mol. The first-order chi connectivity index (χ1) is 17.8. The molecule has 2 aliphatic rings. The number of ether oxygens (including phenoxy) is 2. The molecular weight excluding hydrogens is 474 g/mol. The van der Waals surface area contributed by atoms with Crippen LogP contribution in [0.15, 0.2) is 36.5 Å². The highest BCUT2D eigenvalue weighted by atomic mass is 19.1. The van der Waals surface area contributed by atoms with Crippen LogP contribution in [0, 0.1) is 11.6 Å². The Bertz CT molecular complexity index is 1280. The van der Waals surface area contributed by atoms with Crippen molar-refractivity contribution in [1.29, 1.82) is 0 Å². The quantitative estimate of drug-likeness (QED) is 0.442. The Hall–Kier alpha value is -3.26. The van der Waals surface area contributed by atoms with Gasteiger partial charge in [-0.1, -0.05) is 12.1 Å². The fraction of sp³-hybridized carbons (Fsp3) is 0.448. The largest absolute Gasteiger partial charge is 0.493 e. The van der Waals surface area contributed by atoms with Crippen molar-refractivity contribution in [3.63, 3.8) is 0 Å². The van der Waals surface area contributed by atoms with E-state index in [0.717, 1.165) is 49.3 Å². The molecule has 0 unspecified atom stereocenters. The zero-order chi connectivity index (χ0) is 26.1. The third kappa shape index (κ3) is 5.25. The third-order valence-corrected chi connectivity index (χ3v) is 7.42. The lowest BCUT2D eigenvalue weighted by molar-refractivity contribution is 0.253. The van der Waals surface area contributed by atoms with Gasteiger partial charge in [0.2, 0.25) is 0 Å². The molecule has 0 saturated carbocycles. The number of benzene rings is 2. The van der Waals surface area contributed by atoms with Crippen LogP contribution in [0.2, 0.25) is 0 Å². The number of aromatic nitrogens is 2.